The lowest BCUT2D eigenvalue weighted by molar-refractivity contribution is 0.217. The van der Waals surface area contributed by atoms with Crippen LogP contribution < -0.4 is 9.47 Å². The summed E-state index contributed by atoms with van der Waals surface area (Å²) in [5.41, 5.74) is 0.828. The van der Waals surface area contributed by atoms with Gasteiger partial charge in [-0.05, 0) is 36.4 Å². The van der Waals surface area contributed by atoms with E-state index >= 15 is 0 Å². The third-order valence-electron chi connectivity index (χ3n) is 2.98. The number of hydrogen-bond acceptors (Lipinski definition) is 5. The van der Waals surface area contributed by atoms with Crippen molar-refractivity contribution in [1.29, 1.82) is 0 Å². The Morgan fingerprint density at radius 2 is 1.61 bits per heavy atom. The summed E-state index contributed by atoms with van der Waals surface area (Å²) in [5, 5.41) is 8.42. The summed E-state index contributed by atoms with van der Waals surface area (Å²) in [4.78, 5) is 0. The van der Waals surface area contributed by atoms with Gasteiger partial charge in [0.05, 0.1) is 10.0 Å². The molecule has 0 fully saturated rings. The Labute approximate surface area is 142 Å². The van der Waals surface area contributed by atoms with Crippen LogP contribution in [0.2, 0.25) is 10.0 Å². The summed E-state index contributed by atoms with van der Waals surface area (Å²) in [6.45, 7) is 0.691. The summed E-state index contributed by atoms with van der Waals surface area (Å²) in [5.74, 6) is 1.64. The third-order valence-corrected chi connectivity index (χ3v) is 3.57. The van der Waals surface area contributed by atoms with Crippen LogP contribution in [0.3, 0.4) is 0 Å². The molecule has 0 spiro atoms. The second kappa shape index (κ2) is 7.35. The van der Waals surface area contributed by atoms with E-state index in [1.807, 2.05) is 24.3 Å². The second-order valence-electron chi connectivity index (χ2n) is 4.52. The summed E-state index contributed by atoms with van der Waals surface area (Å²) in [6, 6.07) is 12.5. The normalized spacial score (nSPS) is 10.5. The molecule has 2 aromatic carbocycles. The molecule has 1 heterocycles. The molecule has 7 heteroatoms. The lowest BCUT2D eigenvalue weighted by Crippen LogP contribution is -2.09. The molecule has 1 aromatic heterocycles. The Morgan fingerprint density at radius 3 is 2.26 bits per heavy atom. The molecular formula is C16H12Cl2N2O3. The Bertz CT molecular complexity index is 741. The van der Waals surface area contributed by atoms with Crippen molar-refractivity contribution in [3.63, 3.8) is 0 Å². The molecule has 23 heavy (non-hydrogen) atoms. The standard InChI is InChI=1S/C16H12Cl2N2O3/c17-13-2-1-3-14(18)15(13)22-9-8-21-12-6-4-11(5-7-12)16-20-19-10-23-16/h1-7,10H,8-9H2. The highest BCUT2D eigenvalue weighted by Crippen LogP contribution is 2.32. The van der Waals surface area contributed by atoms with Gasteiger partial charge >= 0.3 is 0 Å². The van der Waals surface area contributed by atoms with Crippen molar-refractivity contribution >= 4 is 23.2 Å². The number of halogens is 2. The van der Waals surface area contributed by atoms with E-state index in [0.717, 1.165) is 5.56 Å². The molecule has 0 unspecified atom stereocenters. The second-order valence-corrected chi connectivity index (χ2v) is 5.33. The first-order chi connectivity index (χ1) is 11.2. The number of ether oxygens (including phenoxy) is 2. The number of nitrogens with zero attached hydrogens (tertiary/aromatic N) is 2. The van der Waals surface area contributed by atoms with E-state index in [1.54, 1.807) is 18.2 Å². The Kier molecular flexibility index (Phi) is 5.00. The first-order valence-corrected chi connectivity index (χ1v) is 7.56. The van der Waals surface area contributed by atoms with Gasteiger partial charge in [0.15, 0.2) is 5.75 Å². The fraction of sp³-hybridized carbons (Fsp3) is 0.125. The minimum absolute atomic E-state index is 0.328. The Morgan fingerprint density at radius 1 is 0.913 bits per heavy atom. The Balaban J connectivity index is 1.51. The first-order valence-electron chi connectivity index (χ1n) is 6.80. The highest BCUT2D eigenvalue weighted by molar-refractivity contribution is 6.37. The highest BCUT2D eigenvalue weighted by Gasteiger charge is 2.07. The molecule has 0 aliphatic heterocycles. The van der Waals surface area contributed by atoms with Crippen LogP contribution >= 0.6 is 23.2 Å². The summed E-state index contributed by atoms with van der Waals surface area (Å²) >= 11 is 12.0. The summed E-state index contributed by atoms with van der Waals surface area (Å²) < 4.78 is 16.3. The molecule has 3 aromatic rings. The fourth-order valence-electron chi connectivity index (χ4n) is 1.92. The summed E-state index contributed by atoms with van der Waals surface area (Å²) in [7, 11) is 0. The minimum Gasteiger partial charge on any atom is -0.490 e. The van der Waals surface area contributed by atoms with Gasteiger partial charge in [-0.15, -0.1) is 10.2 Å². The number of hydrogen-bond donors (Lipinski definition) is 0. The lowest BCUT2D eigenvalue weighted by atomic mass is 10.2. The van der Waals surface area contributed by atoms with E-state index in [9.17, 15) is 0 Å². The molecule has 0 N–H and O–H groups in total. The molecule has 0 amide bonds. The zero-order chi connectivity index (χ0) is 16.1. The topological polar surface area (TPSA) is 57.4 Å². The quantitative estimate of drug-likeness (QED) is 0.612. The zero-order valence-electron chi connectivity index (χ0n) is 11.9. The minimum atomic E-state index is 0.328. The maximum Gasteiger partial charge on any atom is 0.247 e. The van der Waals surface area contributed by atoms with Crippen LogP contribution in [0.5, 0.6) is 11.5 Å². The number of para-hydroxylation sites is 1. The molecule has 0 aliphatic carbocycles. The number of rotatable bonds is 6. The Hall–Kier alpha value is -2.24. The zero-order valence-corrected chi connectivity index (χ0v) is 13.4. The van der Waals surface area contributed by atoms with Crippen molar-refractivity contribution < 1.29 is 13.9 Å². The van der Waals surface area contributed by atoms with Crippen molar-refractivity contribution in [2.24, 2.45) is 0 Å². The van der Waals surface area contributed by atoms with Crippen molar-refractivity contribution in [3.05, 3.63) is 58.9 Å². The smallest absolute Gasteiger partial charge is 0.247 e. The third kappa shape index (κ3) is 3.94. The van der Waals surface area contributed by atoms with E-state index in [4.69, 9.17) is 37.1 Å². The van der Waals surface area contributed by atoms with Crippen LogP contribution in [0.4, 0.5) is 0 Å². The largest absolute Gasteiger partial charge is 0.490 e. The van der Waals surface area contributed by atoms with Crippen LogP contribution in [-0.4, -0.2) is 23.4 Å². The monoisotopic (exact) mass is 350 g/mol. The summed E-state index contributed by atoms with van der Waals surface area (Å²) in [6.07, 6.45) is 1.29. The van der Waals surface area contributed by atoms with Crippen LogP contribution in [-0.2, 0) is 0 Å². The predicted octanol–water partition coefficient (Wildman–Crippen LogP) is 4.50. The van der Waals surface area contributed by atoms with Gasteiger partial charge in [-0.25, -0.2) is 0 Å². The maximum absolute atomic E-state index is 6.02. The van der Waals surface area contributed by atoms with Crippen LogP contribution in [0.1, 0.15) is 0 Å². The van der Waals surface area contributed by atoms with E-state index in [-0.39, 0.29) is 0 Å². The molecular weight excluding hydrogens is 339 g/mol. The number of aromatic nitrogens is 2. The van der Waals surface area contributed by atoms with Crippen molar-refractivity contribution in [2.45, 2.75) is 0 Å². The van der Waals surface area contributed by atoms with Gasteiger partial charge in [0.25, 0.3) is 0 Å². The molecule has 5 nitrogen and oxygen atoms in total. The van der Waals surface area contributed by atoms with Crippen LogP contribution in [0, 0.1) is 0 Å². The van der Waals surface area contributed by atoms with Gasteiger partial charge in [0, 0.05) is 5.56 Å². The van der Waals surface area contributed by atoms with Gasteiger partial charge in [0.1, 0.15) is 19.0 Å². The van der Waals surface area contributed by atoms with Crippen molar-refractivity contribution in [1.82, 2.24) is 10.2 Å². The van der Waals surface area contributed by atoms with Crippen molar-refractivity contribution in [3.8, 4) is 23.0 Å². The van der Waals surface area contributed by atoms with E-state index in [2.05, 4.69) is 10.2 Å². The molecule has 0 bridgehead atoms. The van der Waals surface area contributed by atoms with Crippen LogP contribution in [0.25, 0.3) is 11.5 Å². The maximum atomic E-state index is 6.02. The fourth-order valence-corrected chi connectivity index (χ4v) is 2.42. The molecule has 0 aliphatic rings. The van der Waals surface area contributed by atoms with E-state index < -0.39 is 0 Å². The van der Waals surface area contributed by atoms with Crippen molar-refractivity contribution in [2.75, 3.05) is 13.2 Å². The van der Waals surface area contributed by atoms with Gasteiger partial charge in [-0.3, -0.25) is 0 Å². The van der Waals surface area contributed by atoms with Gasteiger partial charge < -0.3 is 13.9 Å². The predicted molar refractivity (Wildman–Crippen MR) is 87.2 cm³/mol. The molecule has 118 valence electrons. The van der Waals surface area contributed by atoms with E-state index in [1.165, 1.54) is 6.39 Å². The molecule has 0 radical (unpaired) electrons. The highest BCUT2D eigenvalue weighted by atomic mass is 35.5. The first kappa shape index (κ1) is 15.6. The average molecular weight is 351 g/mol. The SMILES string of the molecule is Clc1cccc(Cl)c1OCCOc1ccc(-c2nnco2)cc1. The van der Waals surface area contributed by atoms with Crippen LogP contribution in [0.15, 0.2) is 53.3 Å². The lowest BCUT2D eigenvalue weighted by Gasteiger charge is -2.10. The average Bonchev–Trinajstić information content (AvgIpc) is 3.09. The molecule has 3 rings (SSSR count). The molecule has 0 saturated heterocycles. The van der Waals surface area contributed by atoms with E-state index in [0.29, 0.717) is 40.6 Å². The molecule has 0 atom stereocenters. The molecule has 0 saturated carbocycles. The number of benzene rings is 2. The van der Waals surface area contributed by atoms with Gasteiger partial charge in [0.2, 0.25) is 12.3 Å². The van der Waals surface area contributed by atoms with Gasteiger partial charge in [-0.2, -0.15) is 0 Å². The van der Waals surface area contributed by atoms with Gasteiger partial charge in [-0.1, -0.05) is 29.3 Å².